The van der Waals surface area contributed by atoms with Gasteiger partial charge in [-0.3, -0.25) is 9.59 Å². The van der Waals surface area contributed by atoms with Gasteiger partial charge in [0.25, 0.3) is 11.8 Å². The summed E-state index contributed by atoms with van der Waals surface area (Å²) in [5.74, 6) is -1.31. The second kappa shape index (κ2) is 8.37. The van der Waals surface area contributed by atoms with Gasteiger partial charge >= 0.3 is 0 Å². The largest absolute Gasteiger partial charge is 0.478 e. The minimum absolute atomic E-state index is 0.164. The van der Waals surface area contributed by atoms with Crippen molar-refractivity contribution >= 4 is 11.8 Å². The molecule has 0 bridgehead atoms. The number of hydrogen-bond acceptors (Lipinski definition) is 5. The van der Waals surface area contributed by atoms with Crippen molar-refractivity contribution in [3.05, 3.63) is 59.3 Å². The third-order valence-corrected chi connectivity index (χ3v) is 6.68. The highest BCUT2D eigenvalue weighted by Gasteiger charge is 2.58. The van der Waals surface area contributed by atoms with Crippen LogP contribution in [0.15, 0.2) is 36.4 Å². The van der Waals surface area contributed by atoms with Gasteiger partial charge in [-0.25, -0.2) is 13.8 Å². The highest BCUT2D eigenvalue weighted by Crippen LogP contribution is 2.47. The van der Waals surface area contributed by atoms with E-state index in [0.717, 1.165) is 6.07 Å². The Morgan fingerprint density at radius 2 is 1.91 bits per heavy atom. The van der Waals surface area contributed by atoms with E-state index in [9.17, 15) is 18.4 Å². The molecule has 2 aromatic rings. The monoisotopic (exact) mass is 457 g/mol. The number of fused-ring (bicyclic) bond motifs is 1. The summed E-state index contributed by atoms with van der Waals surface area (Å²) in [4.78, 5) is 34.0. The summed E-state index contributed by atoms with van der Waals surface area (Å²) >= 11 is 0. The average Bonchev–Trinajstić information content (AvgIpc) is 3.32. The zero-order valence-corrected chi connectivity index (χ0v) is 18.3. The summed E-state index contributed by atoms with van der Waals surface area (Å²) in [6, 6.07) is 8.03. The van der Waals surface area contributed by atoms with Crippen molar-refractivity contribution in [3.63, 3.8) is 0 Å². The van der Waals surface area contributed by atoms with Crippen LogP contribution in [0.2, 0.25) is 0 Å². The topological polar surface area (TPSA) is 72.0 Å². The second-order valence-corrected chi connectivity index (χ2v) is 8.66. The molecule has 174 valence electrons. The molecular weight excluding hydrogens is 432 g/mol. The molecule has 0 radical (unpaired) electrons. The van der Waals surface area contributed by atoms with E-state index >= 15 is 0 Å². The number of likely N-dealkylation sites (tertiary alicyclic amines) is 1. The van der Waals surface area contributed by atoms with Crippen LogP contribution in [0.3, 0.4) is 0 Å². The molecule has 3 aliphatic heterocycles. The molecule has 3 saturated heterocycles. The van der Waals surface area contributed by atoms with E-state index in [2.05, 4.69) is 4.98 Å². The Balaban J connectivity index is 1.29. The minimum atomic E-state index is -1.01. The van der Waals surface area contributed by atoms with Gasteiger partial charge in [-0.2, -0.15) is 0 Å². The van der Waals surface area contributed by atoms with Gasteiger partial charge in [0.1, 0.15) is 23.6 Å². The molecule has 0 N–H and O–H groups in total. The quantitative estimate of drug-likeness (QED) is 0.703. The molecule has 3 aliphatic rings. The minimum Gasteiger partial charge on any atom is -0.478 e. The highest BCUT2D eigenvalue weighted by atomic mass is 19.1. The number of pyridine rings is 1. The van der Waals surface area contributed by atoms with Gasteiger partial charge in [-0.1, -0.05) is 6.07 Å². The van der Waals surface area contributed by atoms with Crippen LogP contribution in [-0.4, -0.2) is 58.1 Å². The van der Waals surface area contributed by atoms with Crippen LogP contribution in [0, 0.1) is 11.6 Å². The van der Waals surface area contributed by atoms with Gasteiger partial charge in [0.15, 0.2) is 5.60 Å². The Morgan fingerprint density at radius 3 is 2.61 bits per heavy atom. The SMILES string of the molecule is CCOc1cccc(C(=O)N2CCC3(CC2)O[C@@H]2CC[C@@H](c4cc(F)cc(F)c4)N2C3=O)n1. The van der Waals surface area contributed by atoms with Crippen molar-refractivity contribution < 1.29 is 27.8 Å². The summed E-state index contributed by atoms with van der Waals surface area (Å²) < 4.78 is 39.2. The lowest BCUT2D eigenvalue weighted by Gasteiger charge is -2.37. The normalized spacial score (nSPS) is 23.8. The van der Waals surface area contributed by atoms with Crippen LogP contribution in [0.25, 0.3) is 0 Å². The molecule has 3 fully saturated rings. The Labute approximate surface area is 190 Å². The smallest absolute Gasteiger partial charge is 0.272 e. The fourth-order valence-electron chi connectivity index (χ4n) is 5.14. The molecule has 2 atom stereocenters. The number of benzene rings is 1. The fraction of sp³-hybridized carbons (Fsp3) is 0.458. The van der Waals surface area contributed by atoms with Crippen LogP contribution >= 0.6 is 0 Å². The molecule has 1 aromatic carbocycles. The van der Waals surface area contributed by atoms with Gasteiger partial charge in [0.05, 0.1) is 12.6 Å². The molecule has 4 heterocycles. The Kier molecular flexibility index (Phi) is 5.52. The van der Waals surface area contributed by atoms with Gasteiger partial charge in [0.2, 0.25) is 5.88 Å². The van der Waals surface area contributed by atoms with Crippen LogP contribution in [0.4, 0.5) is 8.78 Å². The molecule has 2 amide bonds. The number of amides is 2. The number of piperidine rings is 1. The number of carbonyl (C=O) groups excluding carboxylic acids is 2. The van der Waals surface area contributed by atoms with Gasteiger partial charge in [-0.05, 0) is 43.5 Å². The first kappa shape index (κ1) is 21.8. The van der Waals surface area contributed by atoms with E-state index in [1.165, 1.54) is 12.1 Å². The summed E-state index contributed by atoms with van der Waals surface area (Å²) in [6.07, 6.45) is 1.50. The third-order valence-electron chi connectivity index (χ3n) is 6.68. The lowest BCUT2D eigenvalue weighted by Crippen LogP contribution is -2.51. The Morgan fingerprint density at radius 1 is 1.18 bits per heavy atom. The zero-order chi connectivity index (χ0) is 23.2. The lowest BCUT2D eigenvalue weighted by atomic mass is 9.89. The maximum Gasteiger partial charge on any atom is 0.272 e. The van der Waals surface area contributed by atoms with E-state index in [-0.39, 0.29) is 11.8 Å². The van der Waals surface area contributed by atoms with Crippen LogP contribution in [0.1, 0.15) is 54.7 Å². The number of nitrogens with zero attached hydrogens (tertiary/aromatic N) is 3. The molecule has 9 heteroatoms. The van der Waals surface area contributed by atoms with E-state index in [1.54, 1.807) is 28.0 Å². The first-order chi connectivity index (χ1) is 15.9. The van der Waals surface area contributed by atoms with Crippen molar-refractivity contribution in [2.75, 3.05) is 19.7 Å². The molecule has 1 aromatic heterocycles. The molecule has 0 unspecified atom stereocenters. The maximum absolute atomic E-state index is 13.8. The predicted molar refractivity (Wildman–Crippen MR) is 113 cm³/mol. The van der Waals surface area contributed by atoms with E-state index in [0.29, 0.717) is 62.5 Å². The van der Waals surface area contributed by atoms with Crippen molar-refractivity contribution in [1.82, 2.24) is 14.8 Å². The summed E-state index contributed by atoms with van der Waals surface area (Å²) in [5, 5.41) is 0. The summed E-state index contributed by atoms with van der Waals surface area (Å²) in [7, 11) is 0. The number of halogens is 2. The maximum atomic E-state index is 13.8. The molecule has 1 spiro atoms. The van der Waals surface area contributed by atoms with Gasteiger partial charge in [-0.15, -0.1) is 0 Å². The first-order valence-electron chi connectivity index (χ1n) is 11.3. The Hall–Kier alpha value is -3.07. The molecule has 0 saturated carbocycles. The molecule has 7 nitrogen and oxygen atoms in total. The first-order valence-corrected chi connectivity index (χ1v) is 11.3. The number of carbonyl (C=O) groups is 2. The van der Waals surface area contributed by atoms with Crippen LogP contribution in [-0.2, 0) is 9.53 Å². The number of rotatable bonds is 4. The number of hydrogen-bond donors (Lipinski definition) is 0. The van der Waals surface area contributed by atoms with Gasteiger partial charge < -0.3 is 19.3 Å². The third kappa shape index (κ3) is 3.84. The molecular formula is C24H25F2N3O4. The zero-order valence-electron chi connectivity index (χ0n) is 18.3. The number of aromatic nitrogens is 1. The second-order valence-electron chi connectivity index (χ2n) is 8.66. The molecule has 0 aliphatic carbocycles. The lowest BCUT2D eigenvalue weighted by molar-refractivity contribution is -0.142. The summed E-state index contributed by atoms with van der Waals surface area (Å²) in [6.45, 7) is 3.01. The predicted octanol–water partition coefficient (Wildman–Crippen LogP) is 3.45. The van der Waals surface area contributed by atoms with E-state index < -0.39 is 29.5 Å². The van der Waals surface area contributed by atoms with Crippen molar-refractivity contribution in [1.29, 1.82) is 0 Å². The van der Waals surface area contributed by atoms with Gasteiger partial charge in [0, 0.05) is 38.1 Å². The highest BCUT2D eigenvalue weighted by molar-refractivity contribution is 5.93. The molecule has 5 rings (SSSR count). The van der Waals surface area contributed by atoms with Crippen molar-refractivity contribution in [2.24, 2.45) is 0 Å². The molecule has 33 heavy (non-hydrogen) atoms. The van der Waals surface area contributed by atoms with Crippen LogP contribution < -0.4 is 4.74 Å². The fourth-order valence-corrected chi connectivity index (χ4v) is 5.14. The number of ether oxygens (including phenoxy) is 2. The van der Waals surface area contributed by atoms with E-state index in [1.807, 2.05) is 6.92 Å². The average molecular weight is 457 g/mol. The van der Waals surface area contributed by atoms with E-state index in [4.69, 9.17) is 9.47 Å². The van der Waals surface area contributed by atoms with Crippen molar-refractivity contribution in [2.45, 2.75) is 50.5 Å². The standard InChI is InChI=1S/C24H25F2N3O4/c1-2-32-20-5-3-4-18(27-20)22(30)28-10-8-24(9-11-28)23(31)29-19(6-7-21(29)33-24)15-12-16(25)14-17(26)13-15/h3-5,12-14,19,21H,2,6-11H2,1H3/t19-,21+/m0/s1. The Bertz CT molecular complexity index is 1070. The summed E-state index contributed by atoms with van der Waals surface area (Å²) in [5.41, 5.74) is -0.270. The van der Waals surface area contributed by atoms with Crippen molar-refractivity contribution in [3.8, 4) is 5.88 Å². The van der Waals surface area contributed by atoms with Crippen LogP contribution in [0.5, 0.6) is 5.88 Å².